The van der Waals surface area contributed by atoms with Crippen molar-refractivity contribution in [1.29, 1.82) is 0 Å². The fourth-order valence-electron chi connectivity index (χ4n) is 0.237. The van der Waals surface area contributed by atoms with Gasteiger partial charge in [0.1, 0.15) is 0 Å². The average molecular weight is 145 g/mol. The first-order chi connectivity index (χ1) is 4.70. The van der Waals surface area contributed by atoms with Crippen LogP contribution in [0.2, 0.25) is 0 Å². The molecule has 0 bridgehead atoms. The predicted octanol–water partition coefficient (Wildman–Crippen LogP) is -2.04. The number of carbonyl (C=O) groups is 2. The van der Waals surface area contributed by atoms with Crippen LogP contribution in [0, 0.1) is 0 Å². The molecule has 1 amide bonds. The number of rotatable bonds is 2. The highest BCUT2D eigenvalue weighted by Gasteiger charge is 2.00. The lowest BCUT2D eigenvalue weighted by Crippen LogP contribution is -2.25. The van der Waals surface area contributed by atoms with Gasteiger partial charge in [0.05, 0.1) is 6.54 Å². The maximum atomic E-state index is 10.3. The van der Waals surface area contributed by atoms with Gasteiger partial charge in [-0.15, -0.1) is 0 Å². The van der Waals surface area contributed by atoms with Gasteiger partial charge in [0.15, 0.2) is 0 Å². The molecule has 0 spiro atoms. The molecule has 4 N–H and O–H groups in total. The van der Waals surface area contributed by atoms with Gasteiger partial charge in [-0.3, -0.25) is 9.59 Å². The van der Waals surface area contributed by atoms with E-state index < -0.39 is 12.0 Å². The standard InChI is InChI=1S/C4H7N3O3/c5-1-3(9)10-4(6)7-2-8/h2H,1,5H2,(H2,6,7,8). The third kappa shape index (κ3) is 3.56. The van der Waals surface area contributed by atoms with E-state index in [1.54, 1.807) is 0 Å². The Morgan fingerprint density at radius 3 is 2.70 bits per heavy atom. The van der Waals surface area contributed by atoms with Crippen molar-refractivity contribution in [1.82, 2.24) is 0 Å². The van der Waals surface area contributed by atoms with Crippen molar-refractivity contribution in [2.45, 2.75) is 0 Å². The first kappa shape index (κ1) is 8.57. The smallest absolute Gasteiger partial charge is 0.327 e. The zero-order valence-corrected chi connectivity index (χ0v) is 5.11. The number of amides is 1. The Balaban J connectivity index is 3.78. The van der Waals surface area contributed by atoms with Crippen LogP contribution in [0.3, 0.4) is 0 Å². The van der Waals surface area contributed by atoms with Crippen molar-refractivity contribution in [3.8, 4) is 0 Å². The van der Waals surface area contributed by atoms with Gasteiger partial charge in [0, 0.05) is 0 Å². The molecule has 10 heavy (non-hydrogen) atoms. The molecule has 6 nitrogen and oxygen atoms in total. The van der Waals surface area contributed by atoms with Gasteiger partial charge in [0.25, 0.3) is 6.02 Å². The normalized spacial score (nSPS) is 10.7. The summed E-state index contributed by atoms with van der Waals surface area (Å²) in [5.41, 5.74) is 9.72. The molecular formula is C4H7N3O3. The fourth-order valence-corrected chi connectivity index (χ4v) is 0.237. The summed E-state index contributed by atoms with van der Waals surface area (Å²) in [5, 5.41) is 0. The molecule has 0 saturated carbocycles. The Hall–Kier alpha value is -1.43. The monoisotopic (exact) mass is 145 g/mol. The first-order valence-electron chi connectivity index (χ1n) is 2.38. The van der Waals surface area contributed by atoms with E-state index >= 15 is 0 Å². The molecule has 0 unspecified atom stereocenters. The van der Waals surface area contributed by atoms with Crippen LogP contribution in [-0.4, -0.2) is 24.9 Å². The van der Waals surface area contributed by atoms with Crippen LogP contribution in [0.15, 0.2) is 4.99 Å². The van der Waals surface area contributed by atoms with Crippen molar-refractivity contribution in [2.24, 2.45) is 16.5 Å². The summed E-state index contributed by atoms with van der Waals surface area (Å²) < 4.78 is 4.17. The Kier molecular flexibility index (Phi) is 3.81. The van der Waals surface area contributed by atoms with Crippen LogP contribution in [0.5, 0.6) is 0 Å². The summed E-state index contributed by atoms with van der Waals surface area (Å²) >= 11 is 0. The van der Waals surface area contributed by atoms with Crippen LogP contribution < -0.4 is 11.5 Å². The Morgan fingerprint density at radius 2 is 2.30 bits per heavy atom. The highest BCUT2D eigenvalue weighted by atomic mass is 16.6. The molecular weight excluding hydrogens is 138 g/mol. The molecule has 0 saturated heterocycles. The second-order valence-corrected chi connectivity index (χ2v) is 1.25. The lowest BCUT2D eigenvalue weighted by molar-refractivity contribution is -0.134. The van der Waals surface area contributed by atoms with E-state index in [9.17, 15) is 9.59 Å². The molecule has 0 atom stereocenters. The number of amidine groups is 1. The molecule has 56 valence electrons. The van der Waals surface area contributed by atoms with Crippen LogP contribution >= 0.6 is 0 Å². The van der Waals surface area contributed by atoms with Crippen molar-refractivity contribution in [3.05, 3.63) is 0 Å². The maximum absolute atomic E-state index is 10.3. The molecule has 0 aliphatic carbocycles. The van der Waals surface area contributed by atoms with Gasteiger partial charge in [-0.25, -0.2) is 0 Å². The molecule has 0 aliphatic heterocycles. The van der Waals surface area contributed by atoms with Gasteiger partial charge >= 0.3 is 5.97 Å². The topological polar surface area (TPSA) is 108 Å². The fraction of sp³-hybridized carbons (Fsp3) is 0.250. The lowest BCUT2D eigenvalue weighted by Gasteiger charge is -1.96. The van der Waals surface area contributed by atoms with Gasteiger partial charge in [-0.05, 0) is 0 Å². The number of nitrogens with two attached hydrogens (primary N) is 2. The van der Waals surface area contributed by atoms with E-state index in [1.807, 2.05) is 0 Å². The maximum Gasteiger partial charge on any atom is 0.327 e. The number of esters is 1. The molecule has 0 aromatic heterocycles. The van der Waals surface area contributed by atoms with E-state index in [2.05, 4.69) is 9.73 Å². The molecule has 0 rings (SSSR count). The summed E-state index contributed by atoms with van der Waals surface area (Å²) in [6.07, 6.45) is 0.166. The van der Waals surface area contributed by atoms with Gasteiger partial charge < -0.3 is 16.2 Å². The van der Waals surface area contributed by atoms with Crippen LogP contribution in [-0.2, 0) is 14.3 Å². The SMILES string of the molecule is NCC(=O)OC(N)=NC=O. The second-order valence-electron chi connectivity index (χ2n) is 1.25. The molecule has 0 aliphatic rings. The Morgan fingerprint density at radius 1 is 1.70 bits per heavy atom. The van der Waals surface area contributed by atoms with Gasteiger partial charge in [-0.1, -0.05) is 0 Å². The molecule has 0 heterocycles. The van der Waals surface area contributed by atoms with E-state index in [4.69, 9.17) is 11.5 Å². The molecule has 6 heteroatoms. The number of ether oxygens (including phenoxy) is 1. The lowest BCUT2D eigenvalue weighted by atomic mass is 10.7. The zero-order chi connectivity index (χ0) is 7.98. The van der Waals surface area contributed by atoms with Gasteiger partial charge in [0.2, 0.25) is 6.41 Å². The summed E-state index contributed by atoms with van der Waals surface area (Å²) in [7, 11) is 0. The number of hydrogen-bond acceptors (Lipinski definition) is 4. The summed E-state index contributed by atoms with van der Waals surface area (Å²) in [5.74, 6) is -0.733. The highest BCUT2D eigenvalue weighted by molar-refractivity contribution is 5.90. The van der Waals surface area contributed by atoms with Crippen molar-refractivity contribution in [3.63, 3.8) is 0 Å². The number of hydrogen-bond donors (Lipinski definition) is 2. The third-order valence-corrected chi connectivity index (χ3v) is 0.565. The Labute approximate surface area is 56.8 Å². The minimum Gasteiger partial charge on any atom is -0.392 e. The van der Waals surface area contributed by atoms with Crippen LogP contribution in [0.1, 0.15) is 0 Å². The van der Waals surface area contributed by atoms with E-state index in [1.165, 1.54) is 0 Å². The largest absolute Gasteiger partial charge is 0.392 e. The molecule has 0 radical (unpaired) electrons. The van der Waals surface area contributed by atoms with E-state index in [-0.39, 0.29) is 13.0 Å². The summed E-state index contributed by atoms with van der Waals surface area (Å²) in [4.78, 5) is 22.8. The minimum absolute atomic E-state index is 0.166. The Bertz CT molecular complexity index is 165. The predicted molar refractivity (Wildman–Crippen MR) is 32.8 cm³/mol. The third-order valence-electron chi connectivity index (χ3n) is 0.565. The second kappa shape index (κ2) is 4.45. The first-order valence-corrected chi connectivity index (χ1v) is 2.38. The van der Waals surface area contributed by atoms with Crippen LogP contribution in [0.4, 0.5) is 0 Å². The summed E-state index contributed by atoms with van der Waals surface area (Å²) in [6.45, 7) is -0.297. The highest BCUT2D eigenvalue weighted by Crippen LogP contribution is 1.73. The number of aliphatic imine (C=N–C) groups is 1. The number of nitrogens with zero attached hydrogens (tertiary/aromatic N) is 1. The minimum atomic E-state index is -0.733. The van der Waals surface area contributed by atoms with Crippen molar-refractivity contribution in [2.75, 3.05) is 6.54 Å². The number of carbonyl (C=O) groups excluding carboxylic acids is 2. The van der Waals surface area contributed by atoms with Crippen molar-refractivity contribution < 1.29 is 14.3 Å². The van der Waals surface area contributed by atoms with Gasteiger partial charge in [-0.2, -0.15) is 4.99 Å². The average Bonchev–Trinajstić information content (AvgIpc) is 1.88. The molecule has 0 fully saturated rings. The molecule has 0 aromatic carbocycles. The molecule has 0 aromatic rings. The zero-order valence-electron chi connectivity index (χ0n) is 5.11. The van der Waals surface area contributed by atoms with Crippen LogP contribution in [0.25, 0.3) is 0 Å². The van der Waals surface area contributed by atoms with Crippen molar-refractivity contribution >= 4 is 18.4 Å². The summed E-state index contributed by atoms with van der Waals surface area (Å²) in [6, 6.07) is -0.495. The van der Waals surface area contributed by atoms with E-state index in [0.29, 0.717) is 0 Å². The van der Waals surface area contributed by atoms with E-state index in [0.717, 1.165) is 0 Å². The quantitative estimate of drug-likeness (QED) is 0.201.